The maximum absolute atomic E-state index is 13.4. The maximum Gasteiger partial charge on any atom is 0.229 e. The van der Waals surface area contributed by atoms with Crippen molar-refractivity contribution in [3.63, 3.8) is 0 Å². The van der Waals surface area contributed by atoms with E-state index in [4.69, 9.17) is 0 Å². The van der Waals surface area contributed by atoms with Crippen LogP contribution in [0.3, 0.4) is 0 Å². The third-order valence-electron chi connectivity index (χ3n) is 9.77. The molecular formula is C27H37N3O2. The number of aryl methyl sites for hydroxylation is 1. The van der Waals surface area contributed by atoms with Crippen molar-refractivity contribution in [1.29, 1.82) is 0 Å². The number of allylic oxidation sites excluding steroid dienone is 2. The number of carbonyl (C=O) groups excluding carboxylic acids is 2. The summed E-state index contributed by atoms with van der Waals surface area (Å²) in [4.78, 5) is 32.3. The molecule has 0 radical (unpaired) electrons. The molecule has 1 N–H and O–H groups in total. The Labute approximate surface area is 192 Å². The van der Waals surface area contributed by atoms with Crippen LogP contribution in [0.2, 0.25) is 0 Å². The van der Waals surface area contributed by atoms with Crippen LogP contribution < -0.4 is 5.32 Å². The van der Waals surface area contributed by atoms with Gasteiger partial charge in [0.25, 0.3) is 0 Å². The monoisotopic (exact) mass is 435 g/mol. The summed E-state index contributed by atoms with van der Waals surface area (Å²) < 4.78 is 0. The molecule has 32 heavy (non-hydrogen) atoms. The van der Waals surface area contributed by atoms with E-state index in [1.807, 2.05) is 37.1 Å². The van der Waals surface area contributed by atoms with Gasteiger partial charge in [-0.15, -0.1) is 0 Å². The molecule has 5 nitrogen and oxygen atoms in total. The topological polar surface area (TPSA) is 62.3 Å². The molecule has 5 rings (SSSR count). The summed E-state index contributed by atoms with van der Waals surface area (Å²) in [5.41, 5.74) is 3.74. The molecule has 1 unspecified atom stereocenters. The molecule has 3 aliphatic carbocycles. The molecule has 1 aliphatic heterocycles. The van der Waals surface area contributed by atoms with E-state index in [-0.39, 0.29) is 28.6 Å². The Balaban J connectivity index is 1.42. The smallest absolute Gasteiger partial charge is 0.229 e. The number of pyridine rings is 1. The second-order valence-electron chi connectivity index (χ2n) is 11.4. The molecule has 6 atom stereocenters. The fourth-order valence-corrected chi connectivity index (χ4v) is 8.37. The first-order valence-corrected chi connectivity index (χ1v) is 12.4. The Kier molecular flexibility index (Phi) is 5.03. The van der Waals surface area contributed by atoms with Crippen molar-refractivity contribution in [2.75, 3.05) is 12.4 Å². The average molecular weight is 436 g/mol. The minimum absolute atomic E-state index is 0.0413. The summed E-state index contributed by atoms with van der Waals surface area (Å²) in [6, 6.07) is 5.78. The van der Waals surface area contributed by atoms with Crippen molar-refractivity contribution in [3.05, 3.63) is 35.2 Å². The zero-order valence-electron chi connectivity index (χ0n) is 20.2. The van der Waals surface area contributed by atoms with Gasteiger partial charge in [-0.1, -0.05) is 25.5 Å². The van der Waals surface area contributed by atoms with Gasteiger partial charge in [-0.05, 0) is 87.7 Å². The molecule has 1 aromatic rings. The van der Waals surface area contributed by atoms with Crippen molar-refractivity contribution < 1.29 is 9.59 Å². The predicted molar refractivity (Wildman–Crippen MR) is 126 cm³/mol. The highest BCUT2D eigenvalue weighted by Crippen LogP contribution is 2.66. The van der Waals surface area contributed by atoms with Crippen LogP contribution in [0.4, 0.5) is 5.82 Å². The lowest BCUT2D eigenvalue weighted by Crippen LogP contribution is -2.54. The first kappa shape index (κ1) is 21.7. The number of fused-ring (bicyclic) bond motifs is 5. The quantitative estimate of drug-likeness (QED) is 0.683. The standard InChI is InChI=1S/C27H37N3O2/c1-16-15-18-19-9-10-21(25(32)29-22-8-6-7-17(2)28-22)26(19,3)13-11-20(18)27(4)14-12-23(31)30(5)24(16)27/h6-8,18-21H,9-15H2,1-5H3,(H,28,29,32)/t18-,19-,20+,21?,26-,27+/m0/s1. The Bertz CT molecular complexity index is 1000. The van der Waals surface area contributed by atoms with Gasteiger partial charge in [0, 0.05) is 36.2 Å². The van der Waals surface area contributed by atoms with Crippen LogP contribution in [0.15, 0.2) is 29.5 Å². The van der Waals surface area contributed by atoms with E-state index in [1.54, 1.807) is 0 Å². The van der Waals surface area contributed by atoms with Gasteiger partial charge in [-0.2, -0.15) is 0 Å². The van der Waals surface area contributed by atoms with E-state index in [2.05, 4.69) is 31.1 Å². The minimum Gasteiger partial charge on any atom is -0.319 e. The van der Waals surface area contributed by atoms with Crippen LogP contribution in [0, 0.1) is 41.4 Å². The van der Waals surface area contributed by atoms with Gasteiger partial charge in [0.05, 0.1) is 0 Å². The number of hydrogen-bond donors (Lipinski definition) is 1. The average Bonchev–Trinajstić information content (AvgIpc) is 3.09. The fourth-order valence-electron chi connectivity index (χ4n) is 8.37. The van der Waals surface area contributed by atoms with Gasteiger partial charge in [-0.25, -0.2) is 4.98 Å². The third kappa shape index (κ3) is 3.07. The molecule has 4 aliphatic rings. The fraction of sp³-hybridized carbons (Fsp3) is 0.667. The summed E-state index contributed by atoms with van der Waals surface area (Å²) >= 11 is 0. The summed E-state index contributed by atoms with van der Waals surface area (Å²) in [7, 11) is 1.97. The summed E-state index contributed by atoms with van der Waals surface area (Å²) in [6.45, 7) is 8.99. The van der Waals surface area contributed by atoms with Crippen LogP contribution in [-0.2, 0) is 9.59 Å². The number of amides is 2. The molecule has 2 heterocycles. The molecular weight excluding hydrogens is 398 g/mol. The van der Waals surface area contributed by atoms with Gasteiger partial charge in [0.15, 0.2) is 0 Å². The molecule has 5 heteroatoms. The van der Waals surface area contributed by atoms with Crippen LogP contribution in [0.1, 0.15) is 71.4 Å². The van der Waals surface area contributed by atoms with E-state index in [9.17, 15) is 9.59 Å². The SMILES string of the molecule is CC1=C2N(C)C(=O)CC[C@]2(C)[C@@H]2CC[C@]3(C)C(C(=O)Nc4cccc(C)n4)CC[C@H]3[C@@H]2C1. The maximum atomic E-state index is 13.4. The first-order chi connectivity index (χ1) is 15.1. The lowest BCUT2D eigenvalue weighted by Gasteiger charge is -2.59. The largest absolute Gasteiger partial charge is 0.319 e. The van der Waals surface area contributed by atoms with E-state index < -0.39 is 0 Å². The zero-order valence-corrected chi connectivity index (χ0v) is 20.2. The molecule has 3 fully saturated rings. The number of anilines is 1. The summed E-state index contributed by atoms with van der Waals surface area (Å²) in [5, 5.41) is 3.12. The van der Waals surface area contributed by atoms with Crippen molar-refractivity contribution >= 4 is 17.6 Å². The molecule has 2 amide bonds. The van der Waals surface area contributed by atoms with Crippen LogP contribution in [-0.4, -0.2) is 28.7 Å². The van der Waals surface area contributed by atoms with E-state index in [0.29, 0.717) is 30.0 Å². The highest BCUT2D eigenvalue weighted by Gasteiger charge is 2.61. The van der Waals surface area contributed by atoms with Gasteiger partial charge in [0.1, 0.15) is 5.82 Å². The molecule has 1 aromatic heterocycles. The Morgan fingerprint density at radius 1 is 1.12 bits per heavy atom. The van der Waals surface area contributed by atoms with Gasteiger partial charge >= 0.3 is 0 Å². The summed E-state index contributed by atoms with van der Waals surface area (Å²) in [6.07, 6.45) is 7.04. The van der Waals surface area contributed by atoms with Crippen LogP contribution in [0.5, 0.6) is 0 Å². The number of likely N-dealkylation sites (tertiary alicyclic amines) is 1. The van der Waals surface area contributed by atoms with Gasteiger partial charge < -0.3 is 10.2 Å². The van der Waals surface area contributed by atoms with Crippen molar-refractivity contribution in [2.45, 2.75) is 72.6 Å². The second-order valence-corrected chi connectivity index (χ2v) is 11.4. The molecule has 0 aromatic carbocycles. The molecule has 0 spiro atoms. The number of nitrogens with one attached hydrogen (secondary N) is 1. The lowest BCUT2D eigenvalue weighted by molar-refractivity contribution is -0.137. The lowest BCUT2D eigenvalue weighted by atomic mass is 9.48. The highest BCUT2D eigenvalue weighted by molar-refractivity contribution is 5.92. The second kappa shape index (κ2) is 7.43. The normalized spacial score (nSPS) is 38.8. The Morgan fingerprint density at radius 2 is 1.91 bits per heavy atom. The van der Waals surface area contributed by atoms with E-state index in [1.165, 1.54) is 11.3 Å². The number of piperidine rings is 1. The van der Waals surface area contributed by atoms with E-state index >= 15 is 0 Å². The van der Waals surface area contributed by atoms with Crippen molar-refractivity contribution in [2.24, 2.45) is 34.5 Å². The number of aromatic nitrogens is 1. The van der Waals surface area contributed by atoms with Crippen molar-refractivity contribution in [3.8, 4) is 0 Å². The Hall–Kier alpha value is -2.17. The molecule has 1 saturated heterocycles. The third-order valence-corrected chi connectivity index (χ3v) is 9.77. The first-order valence-electron chi connectivity index (χ1n) is 12.4. The van der Waals surface area contributed by atoms with Crippen LogP contribution >= 0.6 is 0 Å². The van der Waals surface area contributed by atoms with Crippen LogP contribution in [0.25, 0.3) is 0 Å². The summed E-state index contributed by atoms with van der Waals surface area (Å²) in [5.74, 6) is 2.90. The molecule has 0 bridgehead atoms. The minimum atomic E-state index is 0.0413. The molecule has 2 saturated carbocycles. The predicted octanol–water partition coefficient (Wildman–Crippen LogP) is 5.32. The number of hydrogen-bond acceptors (Lipinski definition) is 3. The Morgan fingerprint density at radius 3 is 2.66 bits per heavy atom. The van der Waals surface area contributed by atoms with Gasteiger partial charge in [0.2, 0.25) is 11.8 Å². The zero-order chi connectivity index (χ0) is 22.8. The van der Waals surface area contributed by atoms with Gasteiger partial charge in [-0.3, -0.25) is 9.59 Å². The number of nitrogens with zero attached hydrogens (tertiary/aromatic N) is 2. The van der Waals surface area contributed by atoms with E-state index in [0.717, 1.165) is 44.2 Å². The van der Waals surface area contributed by atoms with Crippen molar-refractivity contribution in [1.82, 2.24) is 9.88 Å². The molecule has 172 valence electrons. The highest BCUT2D eigenvalue weighted by atomic mass is 16.2. The number of carbonyl (C=O) groups is 2. The number of rotatable bonds is 2.